The maximum atomic E-state index is 12.6. The Labute approximate surface area is 145 Å². The molecule has 0 saturated carbocycles. The van der Waals surface area contributed by atoms with Crippen LogP contribution in [0.4, 0.5) is 5.69 Å². The fourth-order valence-electron chi connectivity index (χ4n) is 2.39. The minimum absolute atomic E-state index is 0.203. The number of nitrogens with zero attached hydrogens (tertiary/aromatic N) is 1. The first-order valence-corrected chi connectivity index (χ1v) is 8.48. The van der Waals surface area contributed by atoms with Crippen LogP contribution in [0, 0.1) is 17.2 Å². The Kier molecular flexibility index (Phi) is 7.73. The number of rotatable bonds is 9. The molecule has 1 amide bonds. The third-order valence-corrected chi connectivity index (χ3v) is 3.60. The third-order valence-electron chi connectivity index (χ3n) is 3.60. The molecule has 1 unspecified atom stereocenters. The second-order valence-corrected chi connectivity index (χ2v) is 6.40. The highest BCUT2D eigenvalue weighted by Gasteiger charge is 2.33. The van der Waals surface area contributed by atoms with Crippen LogP contribution in [0.1, 0.15) is 53.0 Å². The molecule has 1 aromatic carbocycles. The molecule has 0 aliphatic rings. The van der Waals surface area contributed by atoms with Gasteiger partial charge < -0.3 is 14.8 Å². The number of nitrogens with one attached hydrogen (secondary N) is 1. The molecular weight excluding hydrogens is 304 g/mol. The standard InChI is InChI=1S/C19H28N2O3/c1-6-10-19(5,24-7-2)18(22)21-16-8-9-17(15(11-16)12-20)23-13-14(3)4/h8-9,11,14H,6-7,10,13H2,1-5H3,(H,21,22). The predicted octanol–water partition coefficient (Wildman–Crippen LogP) is 4.13. The molecule has 0 bridgehead atoms. The van der Waals surface area contributed by atoms with Crippen molar-refractivity contribution in [3.05, 3.63) is 23.8 Å². The Morgan fingerprint density at radius 2 is 2.08 bits per heavy atom. The van der Waals surface area contributed by atoms with Crippen molar-refractivity contribution in [3.63, 3.8) is 0 Å². The first kappa shape index (κ1) is 20.0. The summed E-state index contributed by atoms with van der Waals surface area (Å²) in [5.41, 5.74) is 0.0980. The van der Waals surface area contributed by atoms with E-state index >= 15 is 0 Å². The lowest BCUT2D eigenvalue weighted by Crippen LogP contribution is -2.42. The van der Waals surface area contributed by atoms with Crippen LogP contribution in [0.5, 0.6) is 5.75 Å². The average Bonchev–Trinajstić information content (AvgIpc) is 2.53. The topological polar surface area (TPSA) is 71.3 Å². The summed E-state index contributed by atoms with van der Waals surface area (Å²) in [5, 5.41) is 12.2. The molecule has 0 fully saturated rings. The van der Waals surface area contributed by atoms with Crippen molar-refractivity contribution in [2.75, 3.05) is 18.5 Å². The van der Waals surface area contributed by atoms with Crippen molar-refractivity contribution in [2.45, 2.75) is 53.1 Å². The van der Waals surface area contributed by atoms with Gasteiger partial charge in [-0.3, -0.25) is 4.79 Å². The summed E-state index contributed by atoms with van der Waals surface area (Å²) in [6, 6.07) is 7.20. The van der Waals surface area contributed by atoms with Crippen LogP contribution < -0.4 is 10.1 Å². The lowest BCUT2D eigenvalue weighted by Gasteiger charge is -2.28. The van der Waals surface area contributed by atoms with E-state index in [-0.39, 0.29) is 5.91 Å². The first-order valence-electron chi connectivity index (χ1n) is 8.48. The summed E-state index contributed by atoms with van der Waals surface area (Å²) in [6.07, 6.45) is 1.47. The molecule has 0 radical (unpaired) electrons. The number of hydrogen-bond donors (Lipinski definition) is 1. The van der Waals surface area contributed by atoms with Gasteiger partial charge in [-0.05, 0) is 44.4 Å². The Balaban J connectivity index is 2.91. The number of anilines is 1. The van der Waals surface area contributed by atoms with Gasteiger partial charge in [-0.15, -0.1) is 0 Å². The molecule has 1 atom stereocenters. The van der Waals surface area contributed by atoms with Gasteiger partial charge in [0.25, 0.3) is 5.91 Å². The molecule has 0 aliphatic heterocycles. The van der Waals surface area contributed by atoms with E-state index in [0.717, 1.165) is 6.42 Å². The summed E-state index contributed by atoms with van der Waals surface area (Å²) in [4.78, 5) is 12.6. The van der Waals surface area contributed by atoms with E-state index in [1.807, 2.05) is 27.7 Å². The van der Waals surface area contributed by atoms with E-state index in [4.69, 9.17) is 9.47 Å². The fourth-order valence-corrected chi connectivity index (χ4v) is 2.39. The van der Waals surface area contributed by atoms with E-state index in [2.05, 4.69) is 11.4 Å². The number of amides is 1. The van der Waals surface area contributed by atoms with E-state index in [1.54, 1.807) is 25.1 Å². The first-order chi connectivity index (χ1) is 11.4. The minimum atomic E-state index is -0.872. The van der Waals surface area contributed by atoms with Gasteiger partial charge >= 0.3 is 0 Å². The molecule has 0 aromatic heterocycles. The molecule has 0 spiro atoms. The highest BCUT2D eigenvalue weighted by atomic mass is 16.5. The molecule has 1 N–H and O–H groups in total. The van der Waals surface area contributed by atoms with E-state index in [1.165, 1.54) is 0 Å². The SMILES string of the molecule is CCCC(C)(OCC)C(=O)Nc1ccc(OCC(C)C)c(C#N)c1. The van der Waals surface area contributed by atoms with Crippen LogP contribution in [0.15, 0.2) is 18.2 Å². The molecule has 0 heterocycles. The van der Waals surface area contributed by atoms with Crippen LogP contribution in [-0.4, -0.2) is 24.7 Å². The summed E-state index contributed by atoms with van der Waals surface area (Å²) < 4.78 is 11.3. The highest BCUT2D eigenvalue weighted by molar-refractivity contribution is 5.97. The molecule has 5 heteroatoms. The number of benzene rings is 1. The molecule has 0 saturated heterocycles. The second-order valence-electron chi connectivity index (χ2n) is 6.40. The molecule has 132 valence electrons. The van der Waals surface area contributed by atoms with Gasteiger partial charge in [0.15, 0.2) is 0 Å². The zero-order valence-corrected chi connectivity index (χ0v) is 15.3. The van der Waals surface area contributed by atoms with Crippen molar-refractivity contribution in [2.24, 2.45) is 5.92 Å². The Morgan fingerprint density at radius 1 is 1.38 bits per heavy atom. The van der Waals surface area contributed by atoms with Crippen LogP contribution in [0.2, 0.25) is 0 Å². The number of carbonyl (C=O) groups excluding carboxylic acids is 1. The van der Waals surface area contributed by atoms with Crippen molar-refractivity contribution in [3.8, 4) is 11.8 Å². The third kappa shape index (κ3) is 5.54. The monoisotopic (exact) mass is 332 g/mol. The largest absolute Gasteiger partial charge is 0.492 e. The lowest BCUT2D eigenvalue weighted by molar-refractivity contribution is -0.139. The summed E-state index contributed by atoms with van der Waals surface area (Å²) in [7, 11) is 0. The number of carbonyl (C=O) groups is 1. The zero-order chi connectivity index (χ0) is 18.2. The maximum Gasteiger partial charge on any atom is 0.256 e. The highest BCUT2D eigenvalue weighted by Crippen LogP contribution is 2.25. The Morgan fingerprint density at radius 3 is 2.62 bits per heavy atom. The van der Waals surface area contributed by atoms with E-state index in [0.29, 0.717) is 42.6 Å². The Bertz CT molecular complexity index is 585. The van der Waals surface area contributed by atoms with Gasteiger partial charge in [0.2, 0.25) is 0 Å². The van der Waals surface area contributed by atoms with Crippen molar-refractivity contribution in [1.82, 2.24) is 0 Å². The maximum absolute atomic E-state index is 12.6. The van der Waals surface area contributed by atoms with Gasteiger partial charge in [0.1, 0.15) is 17.4 Å². The van der Waals surface area contributed by atoms with Crippen LogP contribution >= 0.6 is 0 Å². The number of ether oxygens (including phenoxy) is 2. The van der Waals surface area contributed by atoms with E-state index in [9.17, 15) is 10.1 Å². The molecular formula is C19H28N2O3. The molecule has 1 rings (SSSR count). The Hall–Kier alpha value is -2.06. The van der Waals surface area contributed by atoms with Crippen LogP contribution in [0.3, 0.4) is 0 Å². The number of hydrogen-bond acceptors (Lipinski definition) is 4. The van der Waals surface area contributed by atoms with Gasteiger partial charge in [-0.2, -0.15) is 5.26 Å². The molecule has 24 heavy (non-hydrogen) atoms. The van der Waals surface area contributed by atoms with Crippen molar-refractivity contribution >= 4 is 11.6 Å². The van der Waals surface area contributed by atoms with E-state index < -0.39 is 5.60 Å². The summed E-state index contributed by atoms with van der Waals surface area (Å²) in [6.45, 7) is 10.8. The summed E-state index contributed by atoms with van der Waals surface area (Å²) in [5.74, 6) is 0.702. The van der Waals surface area contributed by atoms with Gasteiger partial charge in [-0.1, -0.05) is 27.2 Å². The van der Waals surface area contributed by atoms with Gasteiger partial charge in [0.05, 0.1) is 12.2 Å². The van der Waals surface area contributed by atoms with Gasteiger partial charge in [0, 0.05) is 12.3 Å². The lowest BCUT2D eigenvalue weighted by atomic mass is 9.99. The molecule has 5 nitrogen and oxygen atoms in total. The molecule has 0 aliphatic carbocycles. The fraction of sp³-hybridized carbons (Fsp3) is 0.579. The van der Waals surface area contributed by atoms with Crippen LogP contribution in [-0.2, 0) is 9.53 Å². The molecule has 1 aromatic rings. The number of nitriles is 1. The smallest absolute Gasteiger partial charge is 0.256 e. The van der Waals surface area contributed by atoms with Crippen LogP contribution in [0.25, 0.3) is 0 Å². The normalized spacial score (nSPS) is 13.2. The van der Waals surface area contributed by atoms with Crippen molar-refractivity contribution < 1.29 is 14.3 Å². The second kappa shape index (κ2) is 9.29. The van der Waals surface area contributed by atoms with Crippen molar-refractivity contribution in [1.29, 1.82) is 5.26 Å². The minimum Gasteiger partial charge on any atom is -0.492 e. The van der Waals surface area contributed by atoms with Gasteiger partial charge in [-0.25, -0.2) is 0 Å². The zero-order valence-electron chi connectivity index (χ0n) is 15.3. The average molecular weight is 332 g/mol. The quantitative estimate of drug-likeness (QED) is 0.738. The predicted molar refractivity (Wildman–Crippen MR) is 95.1 cm³/mol. The summed E-state index contributed by atoms with van der Waals surface area (Å²) >= 11 is 0.